The topological polar surface area (TPSA) is 75.8 Å². The number of morpholine rings is 1. The van der Waals surface area contributed by atoms with Gasteiger partial charge in [0.25, 0.3) is 0 Å². The Morgan fingerprint density at radius 1 is 0.912 bits per heavy atom. The molecule has 1 aromatic carbocycles. The second-order valence-corrected chi connectivity index (χ2v) is 10.1. The first-order valence-electron chi connectivity index (χ1n) is 13.9. The normalized spacial score (nSPS) is 17.4. The molecule has 1 aliphatic rings. The van der Waals surface area contributed by atoms with Crippen LogP contribution in [-0.4, -0.2) is 48.6 Å². The molecule has 0 aliphatic carbocycles. The molecule has 1 aromatic rings. The summed E-state index contributed by atoms with van der Waals surface area (Å²) in [7, 11) is 0. The number of hydrogen-bond acceptors (Lipinski definition) is 5. The molecule has 3 N–H and O–H groups in total. The van der Waals surface area contributed by atoms with E-state index in [4.69, 9.17) is 10.5 Å². The van der Waals surface area contributed by atoms with Crippen LogP contribution in [0.2, 0.25) is 0 Å². The van der Waals surface area contributed by atoms with Gasteiger partial charge in [-0.15, -0.1) is 0 Å². The number of benzene rings is 1. The predicted octanol–water partition coefficient (Wildman–Crippen LogP) is 5.79. The molecule has 194 valence electrons. The monoisotopic (exact) mass is 474 g/mol. The number of carbonyl (C=O) groups excluding carboxylic acids is 1. The van der Waals surface area contributed by atoms with E-state index in [9.17, 15) is 9.90 Å². The number of nitrogens with two attached hydrogens (primary N) is 1. The Hall–Kier alpha value is -1.27. The van der Waals surface area contributed by atoms with E-state index < -0.39 is 11.6 Å². The van der Waals surface area contributed by atoms with Gasteiger partial charge in [-0.3, -0.25) is 15.4 Å². The van der Waals surface area contributed by atoms with Crippen molar-refractivity contribution in [1.29, 1.82) is 0 Å². The molecule has 5 nitrogen and oxygen atoms in total. The lowest BCUT2D eigenvalue weighted by Crippen LogP contribution is -2.53. The molecule has 2 atom stereocenters. The van der Waals surface area contributed by atoms with Gasteiger partial charge < -0.3 is 9.84 Å². The Bertz CT molecular complexity index is 644. The van der Waals surface area contributed by atoms with Gasteiger partial charge in [-0.2, -0.15) is 0 Å². The molecule has 1 saturated heterocycles. The second-order valence-electron chi connectivity index (χ2n) is 10.1. The number of Topliss-reactive ketones (excluding diaryl/α,β-unsaturated/α-hetero) is 1. The van der Waals surface area contributed by atoms with Gasteiger partial charge in [-0.1, -0.05) is 114 Å². The van der Waals surface area contributed by atoms with Crippen molar-refractivity contribution in [2.24, 2.45) is 11.7 Å². The fourth-order valence-electron chi connectivity index (χ4n) is 4.93. The quantitative estimate of drug-likeness (QED) is 0.196. The summed E-state index contributed by atoms with van der Waals surface area (Å²) in [6.07, 6.45) is 17.2. The first-order valence-corrected chi connectivity index (χ1v) is 13.9. The SMILES string of the molecule is CCCCCCCCCCCCCCCC(=O)C(CN1CCOCC1)C(N)(O)c1ccccc1. The average Bonchev–Trinajstić information content (AvgIpc) is 2.86. The molecule has 0 saturated carbocycles. The summed E-state index contributed by atoms with van der Waals surface area (Å²) in [4.78, 5) is 15.4. The molecule has 1 aliphatic heterocycles. The van der Waals surface area contributed by atoms with Crippen molar-refractivity contribution in [1.82, 2.24) is 4.90 Å². The molecule has 1 heterocycles. The maximum Gasteiger partial charge on any atom is 0.150 e. The summed E-state index contributed by atoms with van der Waals surface area (Å²) in [6.45, 7) is 5.61. The Labute approximate surface area is 208 Å². The zero-order valence-corrected chi connectivity index (χ0v) is 21.7. The highest BCUT2D eigenvalue weighted by Crippen LogP contribution is 2.28. The largest absolute Gasteiger partial charge is 0.379 e. The zero-order chi connectivity index (χ0) is 24.5. The molecule has 5 heteroatoms. The summed E-state index contributed by atoms with van der Waals surface area (Å²) in [5.74, 6) is -0.561. The highest BCUT2D eigenvalue weighted by atomic mass is 16.5. The van der Waals surface area contributed by atoms with Crippen LogP contribution in [0.5, 0.6) is 0 Å². The van der Waals surface area contributed by atoms with Crippen molar-refractivity contribution >= 4 is 5.78 Å². The molecule has 0 bridgehead atoms. The molecule has 34 heavy (non-hydrogen) atoms. The van der Waals surface area contributed by atoms with Gasteiger partial charge >= 0.3 is 0 Å². The number of hydrogen-bond donors (Lipinski definition) is 2. The van der Waals surface area contributed by atoms with Gasteiger partial charge in [0.1, 0.15) is 5.78 Å². The van der Waals surface area contributed by atoms with E-state index in [-0.39, 0.29) is 5.78 Å². The van der Waals surface area contributed by atoms with E-state index in [1.807, 2.05) is 30.3 Å². The minimum Gasteiger partial charge on any atom is -0.379 e. The van der Waals surface area contributed by atoms with Crippen molar-refractivity contribution in [3.05, 3.63) is 35.9 Å². The molecule has 1 fully saturated rings. The van der Waals surface area contributed by atoms with E-state index >= 15 is 0 Å². The van der Waals surface area contributed by atoms with Gasteiger partial charge in [0.15, 0.2) is 5.72 Å². The fourth-order valence-corrected chi connectivity index (χ4v) is 4.93. The summed E-state index contributed by atoms with van der Waals surface area (Å²) in [5.41, 5.74) is 5.37. The summed E-state index contributed by atoms with van der Waals surface area (Å²) >= 11 is 0. The highest BCUT2D eigenvalue weighted by Gasteiger charge is 2.40. The molecule has 2 unspecified atom stereocenters. The summed E-state index contributed by atoms with van der Waals surface area (Å²) in [6, 6.07) is 9.23. The van der Waals surface area contributed by atoms with Crippen molar-refractivity contribution in [2.75, 3.05) is 32.8 Å². The molecule has 0 aromatic heterocycles. The van der Waals surface area contributed by atoms with Crippen LogP contribution in [0.1, 0.15) is 102 Å². The van der Waals surface area contributed by atoms with Crippen LogP contribution in [0.15, 0.2) is 30.3 Å². The lowest BCUT2D eigenvalue weighted by Gasteiger charge is -2.37. The first kappa shape index (κ1) is 29.0. The van der Waals surface area contributed by atoms with E-state index in [1.165, 1.54) is 70.6 Å². The van der Waals surface area contributed by atoms with Crippen LogP contribution in [0.25, 0.3) is 0 Å². The second kappa shape index (κ2) is 17.2. The lowest BCUT2D eigenvalue weighted by molar-refractivity contribution is -0.136. The van der Waals surface area contributed by atoms with Crippen LogP contribution in [0, 0.1) is 5.92 Å². The van der Waals surface area contributed by atoms with Crippen molar-refractivity contribution < 1.29 is 14.6 Å². The highest BCUT2D eigenvalue weighted by molar-refractivity contribution is 5.82. The van der Waals surface area contributed by atoms with E-state index in [0.29, 0.717) is 31.7 Å². The summed E-state index contributed by atoms with van der Waals surface area (Å²) in [5, 5.41) is 11.2. The van der Waals surface area contributed by atoms with Crippen molar-refractivity contribution in [3.8, 4) is 0 Å². The smallest absolute Gasteiger partial charge is 0.150 e. The molecule has 0 radical (unpaired) electrons. The number of ether oxygens (including phenoxy) is 1. The number of carbonyl (C=O) groups is 1. The summed E-state index contributed by atoms with van der Waals surface area (Å²) < 4.78 is 5.44. The molecule has 0 amide bonds. The Morgan fingerprint density at radius 3 is 1.94 bits per heavy atom. The van der Waals surface area contributed by atoms with Gasteiger partial charge in [0, 0.05) is 26.1 Å². The van der Waals surface area contributed by atoms with Gasteiger partial charge in [-0.25, -0.2) is 0 Å². The van der Waals surface area contributed by atoms with Gasteiger partial charge in [0.05, 0.1) is 19.1 Å². The van der Waals surface area contributed by atoms with E-state index in [0.717, 1.165) is 25.9 Å². The molecule has 2 rings (SSSR count). The maximum atomic E-state index is 13.2. The average molecular weight is 475 g/mol. The third-order valence-corrected chi connectivity index (χ3v) is 7.23. The van der Waals surface area contributed by atoms with Crippen LogP contribution in [0.4, 0.5) is 0 Å². The zero-order valence-electron chi connectivity index (χ0n) is 21.7. The van der Waals surface area contributed by atoms with Crippen LogP contribution < -0.4 is 5.73 Å². The molecular formula is C29H50N2O3. The fraction of sp³-hybridized carbons (Fsp3) is 0.759. The van der Waals surface area contributed by atoms with Crippen LogP contribution >= 0.6 is 0 Å². The third-order valence-electron chi connectivity index (χ3n) is 7.23. The number of nitrogens with zero attached hydrogens (tertiary/aromatic N) is 1. The Morgan fingerprint density at radius 2 is 1.41 bits per heavy atom. The minimum absolute atomic E-state index is 0.0726. The number of ketones is 1. The van der Waals surface area contributed by atoms with Gasteiger partial charge in [0.2, 0.25) is 0 Å². The Balaban J connectivity index is 1.69. The lowest BCUT2D eigenvalue weighted by atomic mass is 9.84. The minimum atomic E-state index is -1.66. The standard InChI is InChI=1S/C29H50N2O3/c1-2-3-4-5-6-7-8-9-10-11-12-13-17-20-28(32)27(25-31-21-23-34-24-22-31)29(30,33)26-18-15-14-16-19-26/h14-16,18-19,27,33H,2-13,17,20-25,30H2,1H3. The first-order chi connectivity index (χ1) is 16.6. The molecular weight excluding hydrogens is 424 g/mol. The third kappa shape index (κ3) is 11.0. The van der Waals surface area contributed by atoms with E-state index in [1.54, 1.807) is 0 Å². The van der Waals surface area contributed by atoms with Crippen molar-refractivity contribution in [3.63, 3.8) is 0 Å². The number of rotatable bonds is 19. The number of unbranched alkanes of at least 4 members (excludes halogenated alkanes) is 12. The van der Waals surface area contributed by atoms with Crippen molar-refractivity contribution in [2.45, 2.75) is 103 Å². The molecule has 0 spiro atoms. The predicted molar refractivity (Wildman–Crippen MR) is 141 cm³/mol. The van der Waals surface area contributed by atoms with Gasteiger partial charge in [-0.05, 0) is 12.0 Å². The Kier molecular flexibility index (Phi) is 14.7. The maximum absolute atomic E-state index is 13.2. The number of aliphatic hydroxyl groups is 1. The van der Waals surface area contributed by atoms with Crippen LogP contribution in [-0.2, 0) is 15.3 Å². The van der Waals surface area contributed by atoms with E-state index in [2.05, 4.69) is 11.8 Å². The van der Waals surface area contributed by atoms with Crippen LogP contribution in [0.3, 0.4) is 0 Å².